The first kappa shape index (κ1) is 14.8. The van der Waals surface area contributed by atoms with Crippen LogP contribution in [0.4, 0.5) is 0 Å². The molecule has 0 aromatic carbocycles. The molecule has 1 aromatic heterocycles. The maximum absolute atomic E-state index is 11.8. The highest BCUT2D eigenvalue weighted by Gasteiger charge is 2.18. The van der Waals surface area contributed by atoms with Crippen molar-refractivity contribution in [3.8, 4) is 0 Å². The minimum atomic E-state index is -3.22. The van der Waals surface area contributed by atoms with Crippen LogP contribution in [0.3, 0.4) is 0 Å². The van der Waals surface area contributed by atoms with Gasteiger partial charge in [-0.15, -0.1) is 0 Å². The van der Waals surface area contributed by atoms with Crippen molar-refractivity contribution < 1.29 is 22.7 Å². The van der Waals surface area contributed by atoms with E-state index in [2.05, 4.69) is 0 Å². The second-order valence-corrected chi connectivity index (χ2v) is 6.47. The van der Waals surface area contributed by atoms with E-state index in [-0.39, 0.29) is 28.6 Å². The Kier molecular flexibility index (Phi) is 4.95. The van der Waals surface area contributed by atoms with Crippen LogP contribution in [0.25, 0.3) is 0 Å². The molecule has 0 saturated carbocycles. The molecule has 1 N–H and O–H groups in total. The van der Waals surface area contributed by atoms with E-state index >= 15 is 0 Å². The molecular weight excluding hydrogens is 256 g/mol. The van der Waals surface area contributed by atoms with Crippen LogP contribution in [0.15, 0.2) is 10.5 Å². The first-order valence-electron chi connectivity index (χ1n) is 5.88. The number of hydrogen-bond acceptors (Lipinski definition) is 4. The summed E-state index contributed by atoms with van der Waals surface area (Å²) in [5.74, 6) is -0.790. The number of rotatable bonds is 7. The lowest BCUT2D eigenvalue weighted by molar-refractivity contribution is 0.0695. The first-order chi connectivity index (χ1) is 8.35. The average molecular weight is 274 g/mol. The lowest BCUT2D eigenvalue weighted by atomic mass is 10.2. The number of aryl methyl sites for hydroxylation is 1. The fourth-order valence-corrected chi connectivity index (χ4v) is 3.05. The van der Waals surface area contributed by atoms with E-state index in [4.69, 9.17) is 9.52 Å². The van der Waals surface area contributed by atoms with Gasteiger partial charge in [-0.3, -0.25) is 0 Å². The summed E-state index contributed by atoms with van der Waals surface area (Å²) < 4.78 is 28.7. The third-order valence-electron chi connectivity index (χ3n) is 2.62. The molecule has 1 heterocycles. The Morgan fingerprint density at radius 3 is 2.56 bits per heavy atom. The maximum atomic E-state index is 11.8. The summed E-state index contributed by atoms with van der Waals surface area (Å²) in [6.07, 6.45) is 2.46. The van der Waals surface area contributed by atoms with Gasteiger partial charge in [0.1, 0.15) is 22.8 Å². The van der Waals surface area contributed by atoms with Gasteiger partial charge in [0.05, 0.1) is 5.75 Å². The van der Waals surface area contributed by atoms with Crippen molar-refractivity contribution in [1.29, 1.82) is 0 Å². The molecular formula is C12H18O5S. The van der Waals surface area contributed by atoms with Crippen molar-refractivity contribution in [2.75, 3.05) is 5.75 Å². The average Bonchev–Trinajstić information content (AvgIpc) is 2.58. The van der Waals surface area contributed by atoms with E-state index in [1.807, 2.05) is 6.92 Å². The van der Waals surface area contributed by atoms with Gasteiger partial charge in [-0.05, 0) is 19.4 Å². The van der Waals surface area contributed by atoms with Crippen molar-refractivity contribution in [2.45, 2.75) is 38.9 Å². The Hall–Kier alpha value is -1.30. The van der Waals surface area contributed by atoms with Crippen LogP contribution in [0.2, 0.25) is 0 Å². The highest BCUT2D eigenvalue weighted by Crippen LogP contribution is 2.17. The van der Waals surface area contributed by atoms with E-state index in [0.717, 1.165) is 12.8 Å². The molecule has 0 amide bonds. The van der Waals surface area contributed by atoms with Crippen LogP contribution in [0, 0.1) is 6.92 Å². The fraction of sp³-hybridized carbons (Fsp3) is 0.583. The molecule has 0 bridgehead atoms. The number of unbranched alkanes of at least 4 members (excludes halogenated alkanes) is 2. The van der Waals surface area contributed by atoms with Crippen LogP contribution in [-0.4, -0.2) is 25.2 Å². The Morgan fingerprint density at radius 2 is 2.06 bits per heavy atom. The number of sulfone groups is 1. The number of carbonyl (C=O) groups is 1. The molecule has 0 saturated heterocycles. The summed E-state index contributed by atoms with van der Waals surface area (Å²) in [6.45, 7) is 3.51. The maximum Gasteiger partial charge on any atom is 0.339 e. The zero-order valence-electron chi connectivity index (χ0n) is 10.6. The quantitative estimate of drug-likeness (QED) is 0.772. The number of carboxylic acids is 1. The van der Waals surface area contributed by atoms with Gasteiger partial charge in [-0.2, -0.15) is 0 Å². The molecule has 102 valence electrons. The lowest BCUT2D eigenvalue weighted by Crippen LogP contribution is -2.08. The third kappa shape index (κ3) is 4.18. The predicted molar refractivity (Wildman–Crippen MR) is 67.4 cm³/mol. The number of carboxylic acid groups (broad SMARTS) is 1. The minimum absolute atomic E-state index is 0.0220. The summed E-state index contributed by atoms with van der Waals surface area (Å²) in [7, 11) is -3.22. The Balaban J connectivity index is 2.72. The van der Waals surface area contributed by atoms with Crippen molar-refractivity contribution >= 4 is 15.8 Å². The highest BCUT2D eigenvalue weighted by molar-refractivity contribution is 7.90. The van der Waals surface area contributed by atoms with Gasteiger partial charge >= 0.3 is 5.97 Å². The summed E-state index contributed by atoms with van der Waals surface area (Å²) >= 11 is 0. The molecule has 18 heavy (non-hydrogen) atoms. The van der Waals surface area contributed by atoms with Gasteiger partial charge in [-0.25, -0.2) is 13.2 Å². The molecule has 5 nitrogen and oxygen atoms in total. The smallest absolute Gasteiger partial charge is 0.339 e. The van der Waals surface area contributed by atoms with E-state index in [1.54, 1.807) is 0 Å². The molecule has 0 aliphatic heterocycles. The fourth-order valence-electron chi connectivity index (χ4n) is 1.69. The second-order valence-electron chi connectivity index (χ2n) is 4.29. The highest BCUT2D eigenvalue weighted by atomic mass is 32.2. The van der Waals surface area contributed by atoms with Crippen LogP contribution in [0.5, 0.6) is 0 Å². The molecule has 1 aromatic rings. The van der Waals surface area contributed by atoms with Crippen molar-refractivity contribution in [1.82, 2.24) is 0 Å². The van der Waals surface area contributed by atoms with Crippen molar-refractivity contribution in [3.63, 3.8) is 0 Å². The standard InChI is InChI=1S/C12H18O5S/c1-3-4-5-6-18(15,16)8-10-7-11(12(13)14)9(2)17-10/h7H,3-6,8H2,1-2H3,(H,13,14). The normalized spacial score (nSPS) is 11.7. The zero-order valence-corrected chi connectivity index (χ0v) is 11.4. The molecule has 0 spiro atoms. The van der Waals surface area contributed by atoms with E-state index in [9.17, 15) is 13.2 Å². The molecule has 0 radical (unpaired) electrons. The summed E-state index contributed by atoms with van der Waals surface area (Å²) in [5.41, 5.74) is 0.0220. The van der Waals surface area contributed by atoms with Crippen molar-refractivity contribution in [2.24, 2.45) is 0 Å². The van der Waals surface area contributed by atoms with Crippen LogP contribution < -0.4 is 0 Å². The van der Waals surface area contributed by atoms with Gasteiger partial charge in [-0.1, -0.05) is 19.8 Å². The van der Waals surface area contributed by atoms with Crippen LogP contribution in [-0.2, 0) is 15.6 Å². The van der Waals surface area contributed by atoms with Crippen LogP contribution >= 0.6 is 0 Å². The first-order valence-corrected chi connectivity index (χ1v) is 7.71. The molecule has 0 aliphatic carbocycles. The third-order valence-corrected chi connectivity index (χ3v) is 4.26. The number of furan rings is 1. The molecule has 0 unspecified atom stereocenters. The van der Waals surface area contributed by atoms with Gasteiger partial charge < -0.3 is 9.52 Å². The monoisotopic (exact) mass is 274 g/mol. The van der Waals surface area contributed by atoms with E-state index in [1.165, 1.54) is 13.0 Å². The zero-order chi connectivity index (χ0) is 13.8. The summed E-state index contributed by atoms with van der Waals surface area (Å²) in [4.78, 5) is 10.8. The number of aromatic carboxylic acids is 1. The predicted octanol–water partition coefficient (Wildman–Crippen LogP) is 2.39. The topological polar surface area (TPSA) is 84.6 Å². The van der Waals surface area contributed by atoms with Gasteiger partial charge in [0.2, 0.25) is 0 Å². The van der Waals surface area contributed by atoms with E-state index in [0.29, 0.717) is 6.42 Å². The van der Waals surface area contributed by atoms with Gasteiger partial charge in [0, 0.05) is 0 Å². The molecule has 0 fully saturated rings. The second kappa shape index (κ2) is 6.04. The van der Waals surface area contributed by atoms with Crippen LogP contribution in [0.1, 0.15) is 48.1 Å². The lowest BCUT2D eigenvalue weighted by Gasteiger charge is -2.01. The summed E-state index contributed by atoms with van der Waals surface area (Å²) in [6, 6.07) is 1.29. The molecule has 0 aliphatic rings. The Morgan fingerprint density at radius 1 is 1.39 bits per heavy atom. The Bertz CT molecular complexity index is 513. The Labute approximate surface area is 107 Å². The molecule has 1 rings (SSSR count). The SMILES string of the molecule is CCCCCS(=O)(=O)Cc1cc(C(=O)O)c(C)o1. The van der Waals surface area contributed by atoms with Crippen molar-refractivity contribution in [3.05, 3.63) is 23.2 Å². The number of hydrogen-bond donors (Lipinski definition) is 1. The van der Waals surface area contributed by atoms with E-state index < -0.39 is 15.8 Å². The molecule has 0 atom stereocenters. The minimum Gasteiger partial charge on any atom is -0.478 e. The summed E-state index contributed by atoms with van der Waals surface area (Å²) in [5, 5.41) is 8.84. The molecule has 6 heteroatoms. The van der Waals surface area contributed by atoms with Gasteiger partial charge in [0.15, 0.2) is 9.84 Å². The van der Waals surface area contributed by atoms with Gasteiger partial charge in [0.25, 0.3) is 0 Å². The largest absolute Gasteiger partial charge is 0.478 e.